The maximum Gasteiger partial charge on any atom is 0.317 e. The Labute approximate surface area is 145 Å². The maximum absolute atomic E-state index is 12.5. The van der Waals surface area contributed by atoms with Gasteiger partial charge in [-0.2, -0.15) is 5.10 Å². The van der Waals surface area contributed by atoms with Crippen LogP contribution in [-0.4, -0.2) is 76.1 Å². The minimum atomic E-state index is 0.0493. The van der Waals surface area contributed by atoms with Crippen LogP contribution in [0.25, 0.3) is 11.0 Å². The van der Waals surface area contributed by atoms with Gasteiger partial charge in [0, 0.05) is 51.1 Å². The highest BCUT2D eigenvalue weighted by Crippen LogP contribution is 2.44. The molecule has 1 saturated carbocycles. The average molecular weight is 343 g/mol. The Morgan fingerprint density at radius 3 is 2.72 bits per heavy atom. The van der Waals surface area contributed by atoms with Gasteiger partial charge in [-0.05, 0) is 0 Å². The number of ether oxygens (including phenoxy) is 1. The highest BCUT2D eigenvalue weighted by atomic mass is 16.5. The third kappa shape index (κ3) is 2.41. The van der Waals surface area contributed by atoms with Gasteiger partial charge in [-0.25, -0.2) is 14.8 Å². The van der Waals surface area contributed by atoms with Crippen LogP contribution in [0.5, 0.6) is 0 Å². The van der Waals surface area contributed by atoms with E-state index in [0.717, 1.165) is 43.2 Å². The minimum absolute atomic E-state index is 0.0493. The normalized spacial score (nSPS) is 28.3. The lowest BCUT2D eigenvalue weighted by molar-refractivity contribution is 0.152. The first kappa shape index (κ1) is 14.9. The summed E-state index contributed by atoms with van der Waals surface area (Å²) in [6.07, 6.45) is 3.38. The smallest absolute Gasteiger partial charge is 0.317 e. The molecule has 3 aliphatic rings. The summed E-state index contributed by atoms with van der Waals surface area (Å²) in [5, 5.41) is 8.38. The van der Waals surface area contributed by atoms with Crippen LogP contribution in [-0.2, 0) is 11.8 Å². The molecule has 5 rings (SSSR count). The molecule has 0 spiro atoms. The molecule has 1 aliphatic carbocycles. The zero-order valence-electron chi connectivity index (χ0n) is 14.1. The number of hydrogen-bond acceptors (Lipinski definition) is 6. The molecule has 3 fully saturated rings. The third-order valence-corrected chi connectivity index (χ3v) is 5.62. The lowest BCUT2D eigenvalue weighted by atomic mass is 10.3. The van der Waals surface area contributed by atoms with Crippen molar-refractivity contribution in [3.05, 3.63) is 12.5 Å². The molecule has 2 amide bonds. The van der Waals surface area contributed by atoms with Crippen LogP contribution < -0.4 is 10.2 Å². The van der Waals surface area contributed by atoms with E-state index in [-0.39, 0.29) is 6.03 Å². The molecule has 9 heteroatoms. The number of nitrogens with zero attached hydrogens (tertiary/aromatic N) is 6. The van der Waals surface area contributed by atoms with Crippen molar-refractivity contribution in [2.75, 3.05) is 44.3 Å². The molecule has 132 valence electrons. The maximum atomic E-state index is 12.5. The SMILES string of the molecule is Cn1ncc2c(N3CCN(C(=O)NC4[C@H]5COC[C@@H]45)CC3)ncnc21. The first-order chi connectivity index (χ1) is 12.2. The lowest BCUT2D eigenvalue weighted by Crippen LogP contribution is -2.52. The van der Waals surface area contributed by atoms with Crippen LogP contribution in [0.1, 0.15) is 0 Å². The Morgan fingerprint density at radius 2 is 1.96 bits per heavy atom. The van der Waals surface area contributed by atoms with E-state index in [2.05, 4.69) is 25.3 Å². The van der Waals surface area contributed by atoms with E-state index in [1.165, 1.54) is 0 Å². The molecule has 0 aromatic carbocycles. The van der Waals surface area contributed by atoms with E-state index in [9.17, 15) is 4.79 Å². The van der Waals surface area contributed by atoms with Gasteiger partial charge in [0.2, 0.25) is 0 Å². The fourth-order valence-electron chi connectivity index (χ4n) is 4.01. The largest absolute Gasteiger partial charge is 0.381 e. The second-order valence-electron chi connectivity index (χ2n) is 7.02. The Morgan fingerprint density at radius 1 is 1.20 bits per heavy atom. The van der Waals surface area contributed by atoms with E-state index in [0.29, 0.717) is 31.0 Å². The van der Waals surface area contributed by atoms with Crippen LogP contribution in [0.2, 0.25) is 0 Å². The Bertz CT molecular complexity index is 804. The molecule has 3 atom stereocenters. The van der Waals surface area contributed by atoms with Gasteiger partial charge in [0.25, 0.3) is 0 Å². The van der Waals surface area contributed by atoms with Gasteiger partial charge < -0.3 is 19.9 Å². The summed E-state index contributed by atoms with van der Waals surface area (Å²) in [5.74, 6) is 1.96. The number of amides is 2. The second-order valence-corrected chi connectivity index (χ2v) is 7.02. The van der Waals surface area contributed by atoms with Crippen molar-refractivity contribution in [3.8, 4) is 0 Å². The molecule has 2 aromatic rings. The van der Waals surface area contributed by atoms with E-state index in [4.69, 9.17) is 4.74 Å². The summed E-state index contributed by atoms with van der Waals surface area (Å²) in [5.41, 5.74) is 0.827. The number of carbonyl (C=O) groups is 1. The van der Waals surface area contributed by atoms with Crippen molar-refractivity contribution >= 4 is 22.9 Å². The Kier molecular flexibility index (Phi) is 3.30. The van der Waals surface area contributed by atoms with Gasteiger partial charge >= 0.3 is 6.03 Å². The molecule has 4 heterocycles. The molecular formula is C16H21N7O2. The summed E-state index contributed by atoms with van der Waals surface area (Å²) in [6, 6.07) is 0.365. The number of nitrogens with one attached hydrogen (secondary N) is 1. The number of piperazine rings is 1. The fraction of sp³-hybridized carbons (Fsp3) is 0.625. The number of hydrogen-bond donors (Lipinski definition) is 1. The van der Waals surface area contributed by atoms with Crippen molar-refractivity contribution in [2.24, 2.45) is 18.9 Å². The fourth-order valence-corrected chi connectivity index (χ4v) is 4.01. The van der Waals surface area contributed by atoms with Gasteiger partial charge in [0.15, 0.2) is 5.65 Å². The van der Waals surface area contributed by atoms with Crippen LogP contribution in [0, 0.1) is 11.8 Å². The van der Waals surface area contributed by atoms with Gasteiger partial charge in [-0.15, -0.1) is 0 Å². The van der Waals surface area contributed by atoms with Crippen molar-refractivity contribution in [2.45, 2.75) is 6.04 Å². The van der Waals surface area contributed by atoms with Crippen molar-refractivity contribution in [1.82, 2.24) is 30.0 Å². The van der Waals surface area contributed by atoms with Gasteiger partial charge in [-0.1, -0.05) is 0 Å². The first-order valence-corrected chi connectivity index (χ1v) is 8.73. The summed E-state index contributed by atoms with van der Waals surface area (Å²) in [6.45, 7) is 4.48. The number of anilines is 1. The number of aromatic nitrogens is 4. The summed E-state index contributed by atoms with van der Waals surface area (Å²) in [7, 11) is 1.87. The predicted octanol–water partition coefficient (Wildman–Crippen LogP) is -0.160. The van der Waals surface area contributed by atoms with E-state index in [1.807, 2.05) is 11.9 Å². The summed E-state index contributed by atoms with van der Waals surface area (Å²) >= 11 is 0. The third-order valence-electron chi connectivity index (χ3n) is 5.62. The van der Waals surface area contributed by atoms with Crippen LogP contribution in [0.3, 0.4) is 0 Å². The van der Waals surface area contributed by atoms with Gasteiger partial charge in [-0.3, -0.25) is 4.68 Å². The van der Waals surface area contributed by atoms with Crippen LogP contribution in [0.4, 0.5) is 10.6 Å². The van der Waals surface area contributed by atoms with E-state index in [1.54, 1.807) is 17.2 Å². The van der Waals surface area contributed by atoms with Gasteiger partial charge in [0.05, 0.1) is 24.8 Å². The molecule has 0 bridgehead atoms. The molecule has 0 radical (unpaired) electrons. The number of carbonyl (C=O) groups excluding carboxylic acids is 1. The number of fused-ring (bicyclic) bond motifs is 2. The molecule has 9 nitrogen and oxygen atoms in total. The summed E-state index contributed by atoms with van der Waals surface area (Å²) in [4.78, 5) is 25.3. The first-order valence-electron chi connectivity index (χ1n) is 8.73. The number of rotatable bonds is 2. The van der Waals surface area contributed by atoms with Crippen LogP contribution >= 0.6 is 0 Å². The van der Waals surface area contributed by atoms with E-state index >= 15 is 0 Å². The molecule has 2 saturated heterocycles. The standard InChI is InChI=1S/C16H21N7O2/c1-21-14-10(6-19-21)15(18-9-17-14)22-2-4-23(5-3-22)16(24)20-13-11-7-25-8-12(11)13/h6,9,11-13H,2-5,7-8H2,1H3,(H,20,24)/t11-,12+,13?. The average Bonchev–Trinajstić information content (AvgIpc) is 3.00. The van der Waals surface area contributed by atoms with Gasteiger partial charge in [0.1, 0.15) is 12.1 Å². The predicted molar refractivity (Wildman–Crippen MR) is 90.2 cm³/mol. The quantitative estimate of drug-likeness (QED) is 0.815. The Hall–Kier alpha value is -2.42. The van der Waals surface area contributed by atoms with Crippen molar-refractivity contribution in [1.29, 1.82) is 0 Å². The van der Waals surface area contributed by atoms with E-state index < -0.39 is 0 Å². The monoisotopic (exact) mass is 343 g/mol. The molecule has 1 unspecified atom stereocenters. The highest BCUT2D eigenvalue weighted by Gasteiger charge is 2.55. The number of urea groups is 1. The molecule has 1 N–H and O–H groups in total. The number of aryl methyl sites for hydroxylation is 1. The zero-order valence-corrected chi connectivity index (χ0v) is 14.1. The topological polar surface area (TPSA) is 88.4 Å². The molecular weight excluding hydrogens is 322 g/mol. The second kappa shape index (κ2) is 5.55. The molecule has 2 aromatic heterocycles. The minimum Gasteiger partial charge on any atom is -0.381 e. The lowest BCUT2D eigenvalue weighted by Gasteiger charge is -2.35. The molecule has 2 aliphatic heterocycles. The van der Waals surface area contributed by atoms with Crippen molar-refractivity contribution in [3.63, 3.8) is 0 Å². The Balaban J connectivity index is 1.23. The summed E-state index contributed by atoms with van der Waals surface area (Å²) < 4.78 is 7.12. The van der Waals surface area contributed by atoms with Crippen molar-refractivity contribution < 1.29 is 9.53 Å². The van der Waals surface area contributed by atoms with Crippen LogP contribution in [0.15, 0.2) is 12.5 Å². The zero-order chi connectivity index (χ0) is 17.0. The molecule has 25 heavy (non-hydrogen) atoms. The highest BCUT2D eigenvalue weighted by molar-refractivity contribution is 5.86.